The lowest BCUT2D eigenvalue weighted by Gasteiger charge is -2.16. The maximum absolute atomic E-state index is 13.8. The molecule has 2 nitrogen and oxygen atoms in total. The quantitative estimate of drug-likeness (QED) is 0.734. The molecule has 1 N–H and O–H groups in total. The lowest BCUT2D eigenvalue weighted by molar-refractivity contribution is 0.197. The van der Waals surface area contributed by atoms with Gasteiger partial charge in [-0.3, -0.25) is 0 Å². The van der Waals surface area contributed by atoms with Crippen molar-refractivity contribution >= 4 is 11.6 Å². The Balaban J connectivity index is 2.49. The van der Waals surface area contributed by atoms with E-state index in [9.17, 15) is 4.39 Å². The molecule has 1 atom stereocenters. The summed E-state index contributed by atoms with van der Waals surface area (Å²) in [6, 6.07) is 5.18. The van der Waals surface area contributed by atoms with E-state index in [0.717, 1.165) is 19.5 Å². The van der Waals surface area contributed by atoms with Gasteiger partial charge in [-0.1, -0.05) is 37.1 Å². The van der Waals surface area contributed by atoms with Crippen LogP contribution in [0, 0.1) is 11.7 Å². The van der Waals surface area contributed by atoms with Gasteiger partial charge in [0.2, 0.25) is 0 Å². The zero-order chi connectivity index (χ0) is 13.4. The first-order valence-corrected chi connectivity index (χ1v) is 6.69. The summed E-state index contributed by atoms with van der Waals surface area (Å²) in [4.78, 5) is 0. The van der Waals surface area contributed by atoms with Crippen LogP contribution >= 0.6 is 11.6 Å². The van der Waals surface area contributed by atoms with Gasteiger partial charge in [0.05, 0.1) is 11.6 Å². The molecule has 0 bridgehead atoms. The van der Waals surface area contributed by atoms with Crippen molar-refractivity contribution in [2.75, 3.05) is 26.8 Å². The lowest BCUT2D eigenvalue weighted by atomic mass is 9.96. The van der Waals surface area contributed by atoms with Gasteiger partial charge in [0, 0.05) is 13.7 Å². The molecule has 1 aromatic rings. The number of methoxy groups -OCH3 is 1. The Labute approximate surface area is 113 Å². The second-order valence-corrected chi connectivity index (χ2v) is 4.80. The molecule has 0 saturated carbocycles. The van der Waals surface area contributed by atoms with E-state index in [4.69, 9.17) is 16.3 Å². The molecule has 0 radical (unpaired) electrons. The maximum atomic E-state index is 13.8. The van der Waals surface area contributed by atoms with Crippen LogP contribution in [0.5, 0.6) is 0 Å². The van der Waals surface area contributed by atoms with E-state index in [-0.39, 0.29) is 10.8 Å². The molecule has 1 aromatic carbocycles. The van der Waals surface area contributed by atoms with Crippen LogP contribution in [0.3, 0.4) is 0 Å². The number of ether oxygens (including phenoxy) is 1. The van der Waals surface area contributed by atoms with E-state index >= 15 is 0 Å². The summed E-state index contributed by atoms with van der Waals surface area (Å²) in [5, 5.41) is 3.51. The van der Waals surface area contributed by atoms with Crippen LogP contribution in [0.25, 0.3) is 0 Å². The fourth-order valence-corrected chi connectivity index (χ4v) is 2.05. The van der Waals surface area contributed by atoms with Crippen LogP contribution in [-0.4, -0.2) is 26.8 Å². The first-order valence-electron chi connectivity index (χ1n) is 6.31. The fourth-order valence-electron chi connectivity index (χ4n) is 1.86. The van der Waals surface area contributed by atoms with Gasteiger partial charge in [0.25, 0.3) is 0 Å². The molecule has 0 aromatic heterocycles. The van der Waals surface area contributed by atoms with Crippen LogP contribution in [0.4, 0.5) is 4.39 Å². The van der Waals surface area contributed by atoms with Crippen LogP contribution in [0.1, 0.15) is 18.9 Å². The highest BCUT2D eigenvalue weighted by atomic mass is 35.5. The number of hydrogen-bond acceptors (Lipinski definition) is 2. The summed E-state index contributed by atoms with van der Waals surface area (Å²) >= 11 is 5.78. The van der Waals surface area contributed by atoms with Crippen molar-refractivity contribution in [1.82, 2.24) is 5.32 Å². The Morgan fingerprint density at radius 3 is 2.89 bits per heavy atom. The van der Waals surface area contributed by atoms with Crippen molar-refractivity contribution in [3.63, 3.8) is 0 Å². The first-order chi connectivity index (χ1) is 8.69. The van der Waals surface area contributed by atoms with Gasteiger partial charge in [-0.15, -0.1) is 0 Å². The molecule has 0 aliphatic carbocycles. The molecular weight excluding hydrogens is 253 g/mol. The topological polar surface area (TPSA) is 21.3 Å². The highest BCUT2D eigenvalue weighted by Gasteiger charge is 2.12. The third-order valence-electron chi connectivity index (χ3n) is 3.03. The molecule has 0 heterocycles. The Morgan fingerprint density at radius 2 is 2.22 bits per heavy atom. The van der Waals surface area contributed by atoms with Crippen LogP contribution in [0.2, 0.25) is 5.02 Å². The van der Waals surface area contributed by atoms with Crippen molar-refractivity contribution in [2.24, 2.45) is 5.92 Å². The zero-order valence-corrected chi connectivity index (χ0v) is 11.8. The largest absolute Gasteiger partial charge is 0.383 e. The SMILES string of the molecule is CCC(CNCCOC)Cc1cccc(Cl)c1F. The predicted molar refractivity (Wildman–Crippen MR) is 73.6 cm³/mol. The van der Waals surface area contributed by atoms with Gasteiger partial charge in [0.15, 0.2) is 0 Å². The summed E-state index contributed by atoms with van der Waals surface area (Å²) in [5.74, 6) is 0.129. The third kappa shape index (κ3) is 4.92. The van der Waals surface area contributed by atoms with Gasteiger partial charge >= 0.3 is 0 Å². The van der Waals surface area contributed by atoms with Gasteiger partial charge in [-0.05, 0) is 30.5 Å². The smallest absolute Gasteiger partial charge is 0.144 e. The van der Waals surface area contributed by atoms with E-state index in [2.05, 4.69) is 12.2 Å². The van der Waals surface area contributed by atoms with E-state index in [1.165, 1.54) is 0 Å². The Hall–Kier alpha value is -0.640. The molecule has 0 saturated heterocycles. The summed E-state index contributed by atoms with van der Waals surface area (Å²) in [5.41, 5.74) is 0.697. The molecule has 4 heteroatoms. The normalized spacial score (nSPS) is 12.7. The molecular formula is C14H21ClFNO. The average Bonchev–Trinajstić information content (AvgIpc) is 2.38. The summed E-state index contributed by atoms with van der Waals surface area (Å²) < 4.78 is 18.7. The molecule has 1 unspecified atom stereocenters. The van der Waals surface area contributed by atoms with Gasteiger partial charge in [0.1, 0.15) is 5.82 Å². The van der Waals surface area contributed by atoms with Crippen LogP contribution in [-0.2, 0) is 11.2 Å². The molecule has 102 valence electrons. The van der Waals surface area contributed by atoms with Crippen molar-refractivity contribution in [3.05, 3.63) is 34.6 Å². The van der Waals surface area contributed by atoms with Gasteiger partial charge < -0.3 is 10.1 Å². The maximum Gasteiger partial charge on any atom is 0.144 e. The molecule has 0 fully saturated rings. The minimum atomic E-state index is -0.283. The minimum absolute atomic E-state index is 0.203. The first kappa shape index (κ1) is 15.4. The van der Waals surface area contributed by atoms with Crippen molar-refractivity contribution in [2.45, 2.75) is 19.8 Å². The number of halogens is 2. The van der Waals surface area contributed by atoms with Crippen LogP contribution < -0.4 is 5.32 Å². The molecule has 0 aliphatic rings. The monoisotopic (exact) mass is 273 g/mol. The molecule has 0 aliphatic heterocycles. The van der Waals surface area contributed by atoms with Crippen LogP contribution in [0.15, 0.2) is 18.2 Å². The molecule has 0 spiro atoms. The standard InChI is InChI=1S/C14H21ClFNO/c1-3-11(10-17-7-8-18-2)9-12-5-4-6-13(15)14(12)16/h4-6,11,17H,3,7-10H2,1-2H3. The van der Waals surface area contributed by atoms with Gasteiger partial charge in [-0.25, -0.2) is 4.39 Å². The van der Waals surface area contributed by atoms with Crippen molar-refractivity contribution < 1.29 is 9.13 Å². The number of benzene rings is 1. The minimum Gasteiger partial charge on any atom is -0.383 e. The van der Waals surface area contributed by atoms with E-state index in [0.29, 0.717) is 24.5 Å². The second kappa shape index (κ2) is 8.46. The number of hydrogen-bond donors (Lipinski definition) is 1. The average molecular weight is 274 g/mol. The third-order valence-corrected chi connectivity index (χ3v) is 3.33. The highest BCUT2D eigenvalue weighted by molar-refractivity contribution is 6.30. The Morgan fingerprint density at radius 1 is 1.44 bits per heavy atom. The Kier molecular flexibility index (Phi) is 7.25. The second-order valence-electron chi connectivity index (χ2n) is 4.39. The summed E-state index contributed by atoms with van der Waals surface area (Å²) in [7, 11) is 1.68. The molecule has 1 rings (SSSR count). The summed E-state index contributed by atoms with van der Waals surface area (Å²) in [6.07, 6.45) is 1.72. The summed E-state index contributed by atoms with van der Waals surface area (Å²) in [6.45, 7) is 4.50. The van der Waals surface area contributed by atoms with E-state index < -0.39 is 0 Å². The molecule has 0 amide bonds. The van der Waals surface area contributed by atoms with E-state index in [1.54, 1.807) is 25.3 Å². The predicted octanol–water partition coefficient (Wildman–Crippen LogP) is 3.28. The Bertz CT molecular complexity index is 360. The van der Waals surface area contributed by atoms with Crippen molar-refractivity contribution in [3.8, 4) is 0 Å². The van der Waals surface area contributed by atoms with Crippen molar-refractivity contribution in [1.29, 1.82) is 0 Å². The lowest BCUT2D eigenvalue weighted by Crippen LogP contribution is -2.27. The van der Waals surface area contributed by atoms with Gasteiger partial charge in [-0.2, -0.15) is 0 Å². The highest BCUT2D eigenvalue weighted by Crippen LogP contribution is 2.21. The number of nitrogens with one attached hydrogen (secondary N) is 1. The van der Waals surface area contributed by atoms with E-state index in [1.807, 2.05) is 0 Å². The fraction of sp³-hybridized carbons (Fsp3) is 0.571. The number of rotatable bonds is 8. The zero-order valence-electron chi connectivity index (χ0n) is 11.0. The molecule has 18 heavy (non-hydrogen) atoms.